The van der Waals surface area contributed by atoms with Gasteiger partial charge in [0.05, 0.1) is 0 Å². The number of aliphatic hydroxyl groups is 1. The molecular formula is C18H28O5. The summed E-state index contributed by atoms with van der Waals surface area (Å²) >= 11 is 0. The van der Waals surface area contributed by atoms with Crippen molar-refractivity contribution >= 4 is 5.97 Å². The summed E-state index contributed by atoms with van der Waals surface area (Å²) in [5, 5.41) is 9.17. The van der Waals surface area contributed by atoms with E-state index in [4.69, 9.17) is 19.3 Å². The molecular weight excluding hydrogens is 296 g/mol. The second kappa shape index (κ2) is 9.08. The lowest BCUT2D eigenvalue weighted by Gasteiger charge is -2.43. The Bertz CT molecular complexity index is 427. The largest absolute Gasteiger partial charge is 0.457 e. The van der Waals surface area contributed by atoms with Crippen LogP contribution in [0.2, 0.25) is 0 Å². The maximum absolute atomic E-state index is 12.1. The van der Waals surface area contributed by atoms with Crippen molar-refractivity contribution in [3.05, 3.63) is 24.5 Å². The van der Waals surface area contributed by atoms with E-state index in [2.05, 4.69) is 6.58 Å². The second-order valence-corrected chi connectivity index (χ2v) is 6.16. The molecule has 2 aliphatic rings. The third kappa shape index (κ3) is 4.58. The van der Waals surface area contributed by atoms with Crippen LogP contribution in [0.25, 0.3) is 0 Å². The van der Waals surface area contributed by atoms with Crippen LogP contribution in [0.15, 0.2) is 24.5 Å². The second-order valence-electron chi connectivity index (χ2n) is 6.16. The highest BCUT2D eigenvalue weighted by Gasteiger charge is 2.42. The molecule has 5 heteroatoms. The third-order valence-corrected chi connectivity index (χ3v) is 4.69. The monoisotopic (exact) mass is 324 g/mol. The molecule has 1 fully saturated rings. The van der Waals surface area contributed by atoms with Crippen LogP contribution in [0.5, 0.6) is 0 Å². The van der Waals surface area contributed by atoms with Crippen LogP contribution < -0.4 is 0 Å². The van der Waals surface area contributed by atoms with Crippen LogP contribution in [-0.4, -0.2) is 37.2 Å². The Balaban J connectivity index is 2.17. The molecule has 0 unspecified atom stereocenters. The predicted molar refractivity (Wildman–Crippen MR) is 86.4 cm³/mol. The summed E-state index contributed by atoms with van der Waals surface area (Å²) in [5.74, 6) is 0.768. The van der Waals surface area contributed by atoms with Crippen molar-refractivity contribution in [2.24, 2.45) is 17.8 Å². The first-order valence-electron chi connectivity index (χ1n) is 8.60. The highest BCUT2D eigenvalue weighted by Crippen LogP contribution is 2.44. The summed E-state index contributed by atoms with van der Waals surface area (Å²) in [6.45, 7) is 6.31. The van der Waals surface area contributed by atoms with E-state index in [9.17, 15) is 4.79 Å². The van der Waals surface area contributed by atoms with Gasteiger partial charge in [-0.15, -0.1) is 0 Å². The molecule has 5 nitrogen and oxygen atoms in total. The predicted octanol–water partition coefficient (Wildman–Crippen LogP) is 2.80. The van der Waals surface area contributed by atoms with Gasteiger partial charge in [0.25, 0.3) is 0 Å². The molecule has 1 saturated carbocycles. The van der Waals surface area contributed by atoms with Gasteiger partial charge in [-0.2, -0.15) is 0 Å². The van der Waals surface area contributed by atoms with Crippen molar-refractivity contribution in [3.63, 3.8) is 0 Å². The number of aliphatic hydroxyl groups excluding tert-OH is 1. The molecule has 0 spiro atoms. The lowest BCUT2D eigenvalue weighted by Crippen LogP contribution is -2.41. The van der Waals surface area contributed by atoms with Gasteiger partial charge >= 0.3 is 5.97 Å². The van der Waals surface area contributed by atoms with Crippen molar-refractivity contribution < 1.29 is 24.1 Å². The molecule has 1 N–H and O–H groups in total. The fraction of sp³-hybridized carbons (Fsp3) is 0.722. The zero-order valence-electron chi connectivity index (χ0n) is 13.9. The van der Waals surface area contributed by atoms with Crippen LogP contribution in [0.4, 0.5) is 0 Å². The van der Waals surface area contributed by atoms with Crippen molar-refractivity contribution in [2.75, 3.05) is 19.8 Å². The van der Waals surface area contributed by atoms with Gasteiger partial charge in [0.15, 0.2) is 0 Å². The molecule has 0 bridgehead atoms. The standard InChI is InChI=1S/C18H28O5/c1-3-11-22-17(20)16-12-15(13-7-5-8-13)14(9-6-10-19)18(23-16)21-4-2/h3,12-15,18-19H,1,4-11H2,2H3/t14-,15+,18+/m0/s1. The summed E-state index contributed by atoms with van der Waals surface area (Å²) in [6.07, 6.45) is 8.13. The maximum Gasteiger partial charge on any atom is 0.373 e. The van der Waals surface area contributed by atoms with Crippen LogP contribution >= 0.6 is 0 Å². The Hall–Kier alpha value is -1.33. The number of esters is 1. The first kappa shape index (κ1) is 18.0. The van der Waals surface area contributed by atoms with E-state index in [0.29, 0.717) is 18.9 Å². The molecule has 1 aliphatic heterocycles. The minimum atomic E-state index is -0.459. The lowest BCUT2D eigenvalue weighted by molar-refractivity contribution is -0.185. The zero-order chi connectivity index (χ0) is 16.7. The average molecular weight is 324 g/mol. The molecule has 0 aromatic heterocycles. The SMILES string of the molecule is C=CCOC(=O)C1=C[C@H](C2CCC2)[C@H](CCCO)[C@H](OCC)O1. The first-order chi connectivity index (χ1) is 11.2. The van der Waals surface area contributed by atoms with Crippen LogP contribution in [0.3, 0.4) is 0 Å². The van der Waals surface area contributed by atoms with Crippen LogP contribution in [0.1, 0.15) is 39.0 Å². The molecule has 0 aromatic rings. The average Bonchev–Trinajstić information content (AvgIpc) is 2.50. The molecule has 0 amide bonds. The Morgan fingerprint density at radius 1 is 1.52 bits per heavy atom. The quantitative estimate of drug-likeness (QED) is 0.522. The molecule has 1 aliphatic carbocycles. The molecule has 130 valence electrons. The van der Waals surface area contributed by atoms with Crippen LogP contribution in [-0.2, 0) is 19.0 Å². The number of rotatable bonds is 9. The Kier molecular flexibility index (Phi) is 7.12. The molecule has 23 heavy (non-hydrogen) atoms. The van der Waals surface area contributed by atoms with E-state index in [1.54, 1.807) is 0 Å². The normalized spacial score (nSPS) is 27.6. The van der Waals surface area contributed by atoms with Gasteiger partial charge in [-0.3, -0.25) is 0 Å². The molecule has 0 aromatic carbocycles. The van der Waals surface area contributed by atoms with Gasteiger partial charge in [-0.05, 0) is 50.5 Å². The Morgan fingerprint density at radius 3 is 2.87 bits per heavy atom. The van der Waals surface area contributed by atoms with Crippen molar-refractivity contribution in [3.8, 4) is 0 Å². The van der Waals surface area contributed by atoms with Gasteiger partial charge in [-0.25, -0.2) is 4.79 Å². The van der Waals surface area contributed by atoms with Crippen LogP contribution in [0, 0.1) is 17.8 Å². The van der Waals surface area contributed by atoms with E-state index in [0.717, 1.165) is 6.42 Å². The molecule has 1 heterocycles. The smallest absolute Gasteiger partial charge is 0.373 e. The van der Waals surface area contributed by atoms with E-state index < -0.39 is 12.3 Å². The number of hydrogen-bond donors (Lipinski definition) is 1. The summed E-state index contributed by atoms with van der Waals surface area (Å²) < 4.78 is 16.7. The Morgan fingerprint density at radius 2 is 2.30 bits per heavy atom. The van der Waals surface area contributed by atoms with Crippen molar-refractivity contribution in [1.82, 2.24) is 0 Å². The Labute approximate surface area is 138 Å². The fourth-order valence-corrected chi connectivity index (χ4v) is 3.34. The van der Waals surface area contributed by atoms with E-state index in [-0.39, 0.29) is 30.8 Å². The third-order valence-electron chi connectivity index (χ3n) is 4.69. The fourth-order valence-electron chi connectivity index (χ4n) is 3.34. The molecule has 2 rings (SSSR count). The summed E-state index contributed by atoms with van der Waals surface area (Å²) in [6, 6.07) is 0. The summed E-state index contributed by atoms with van der Waals surface area (Å²) in [4.78, 5) is 12.1. The van der Waals surface area contributed by atoms with Gasteiger partial charge in [-0.1, -0.05) is 19.1 Å². The van der Waals surface area contributed by atoms with E-state index in [1.165, 1.54) is 25.3 Å². The molecule has 0 saturated heterocycles. The van der Waals surface area contributed by atoms with Crippen molar-refractivity contribution in [2.45, 2.75) is 45.3 Å². The highest BCUT2D eigenvalue weighted by molar-refractivity contribution is 5.86. The van der Waals surface area contributed by atoms with Gasteiger partial charge in [0, 0.05) is 19.1 Å². The number of carbonyl (C=O) groups is 1. The van der Waals surface area contributed by atoms with Gasteiger partial charge in [0.2, 0.25) is 12.0 Å². The maximum atomic E-state index is 12.1. The first-order valence-corrected chi connectivity index (χ1v) is 8.60. The highest BCUT2D eigenvalue weighted by atomic mass is 16.7. The minimum absolute atomic E-state index is 0.157. The zero-order valence-corrected chi connectivity index (χ0v) is 13.9. The molecule has 0 radical (unpaired) electrons. The minimum Gasteiger partial charge on any atom is -0.457 e. The summed E-state index contributed by atoms with van der Waals surface area (Å²) in [7, 11) is 0. The summed E-state index contributed by atoms with van der Waals surface area (Å²) in [5.41, 5.74) is 0. The van der Waals surface area contributed by atoms with E-state index in [1.807, 2.05) is 13.0 Å². The lowest BCUT2D eigenvalue weighted by atomic mass is 9.68. The van der Waals surface area contributed by atoms with Crippen molar-refractivity contribution in [1.29, 1.82) is 0 Å². The van der Waals surface area contributed by atoms with Gasteiger partial charge in [0.1, 0.15) is 6.61 Å². The van der Waals surface area contributed by atoms with Gasteiger partial charge < -0.3 is 19.3 Å². The number of allylic oxidation sites excluding steroid dienone is 1. The molecule has 3 atom stereocenters. The number of carbonyl (C=O) groups excluding carboxylic acids is 1. The number of ether oxygens (including phenoxy) is 3. The number of hydrogen-bond acceptors (Lipinski definition) is 5. The van der Waals surface area contributed by atoms with E-state index >= 15 is 0 Å². The topological polar surface area (TPSA) is 65.0 Å².